The third-order valence-electron chi connectivity index (χ3n) is 2.48. The van der Waals surface area contributed by atoms with E-state index in [0.29, 0.717) is 25.4 Å². The first-order valence-electron chi connectivity index (χ1n) is 6.37. The van der Waals surface area contributed by atoms with Gasteiger partial charge in [-0.25, -0.2) is 4.39 Å². The number of ether oxygens (including phenoxy) is 2. The van der Waals surface area contributed by atoms with Gasteiger partial charge in [0.2, 0.25) is 0 Å². The van der Waals surface area contributed by atoms with E-state index in [1.807, 2.05) is 0 Å². The van der Waals surface area contributed by atoms with E-state index in [9.17, 15) is 9.18 Å². The summed E-state index contributed by atoms with van der Waals surface area (Å²) in [5.74, 6) is -0.0646. The highest BCUT2D eigenvalue weighted by molar-refractivity contribution is 6.32. The predicted octanol–water partition coefficient (Wildman–Crippen LogP) is 3.98. The molecule has 0 atom stereocenters. The van der Waals surface area contributed by atoms with Gasteiger partial charge in [0.1, 0.15) is 11.6 Å². The Labute approximate surface area is 117 Å². The minimum Gasteiger partial charge on any atom is -0.492 e. The summed E-state index contributed by atoms with van der Waals surface area (Å²) in [7, 11) is 0. The van der Waals surface area contributed by atoms with E-state index in [-0.39, 0.29) is 16.8 Å². The fraction of sp³-hybridized carbons (Fsp3) is 0.500. The van der Waals surface area contributed by atoms with Crippen molar-refractivity contribution >= 4 is 17.6 Å². The molecular weight excluding hydrogens is 271 g/mol. The lowest BCUT2D eigenvalue weighted by atomic mass is 10.2. The van der Waals surface area contributed by atoms with E-state index in [0.717, 1.165) is 19.3 Å². The van der Waals surface area contributed by atoms with Crippen LogP contribution in [0.15, 0.2) is 18.2 Å². The Morgan fingerprint density at radius 1 is 1.32 bits per heavy atom. The van der Waals surface area contributed by atoms with Crippen LogP contribution in [-0.4, -0.2) is 19.2 Å². The third kappa shape index (κ3) is 6.43. The summed E-state index contributed by atoms with van der Waals surface area (Å²) < 4.78 is 23.0. The van der Waals surface area contributed by atoms with Crippen LogP contribution in [0.25, 0.3) is 0 Å². The normalized spacial score (nSPS) is 10.3. The van der Waals surface area contributed by atoms with Gasteiger partial charge in [-0.05, 0) is 44.4 Å². The van der Waals surface area contributed by atoms with Gasteiger partial charge in [-0.2, -0.15) is 0 Å². The van der Waals surface area contributed by atoms with Gasteiger partial charge in [-0.3, -0.25) is 4.79 Å². The molecule has 0 aromatic heterocycles. The molecule has 1 rings (SSSR count). The first-order valence-corrected chi connectivity index (χ1v) is 6.74. The Bertz CT molecular complexity index is 410. The van der Waals surface area contributed by atoms with Crippen molar-refractivity contribution in [3.8, 4) is 5.75 Å². The van der Waals surface area contributed by atoms with Crippen molar-refractivity contribution < 1.29 is 18.7 Å². The number of benzene rings is 1. The van der Waals surface area contributed by atoms with Crippen molar-refractivity contribution in [1.82, 2.24) is 0 Å². The summed E-state index contributed by atoms with van der Waals surface area (Å²) in [6.07, 6.45) is 2.90. The molecule has 1 aromatic carbocycles. The monoisotopic (exact) mass is 288 g/mol. The molecule has 106 valence electrons. The van der Waals surface area contributed by atoms with Gasteiger partial charge in [0.15, 0.2) is 0 Å². The van der Waals surface area contributed by atoms with Gasteiger partial charge in [-0.1, -0.05) is 11.6 Å². The zero-order valence-corrected chi connectivity index (χ0v) is 11.7. The highest BCUT2D eigenvalue weighted by Crippen LogP contribution is 2.25. The zero-order chi connectivity index (χ0) is 14.1. The average Bonchev–Trinajstić information content (AvgIpc) is 2.36. The van der Waals surface area contributed by atoms with Gasteiger partial charge in [0.05, 0.1) is 18.2 Å². The van der Waals surface area contributed by atoms with E-state index >= 15 is 0 Å². The van der Waals surface area contributed by atoms with Gasteiger partial charge in [0.25, 0.3) is 0 Å². The van der Waals surface area contributed by atoms with Crippen molar-refractivity contribution in [2.75, 3.05) is 13.2 Å². The van der Waals surface area contributed by atoms with Crippen molar-refractivity contribution in [3.63, 3.8) is 0 Å². The Morgan fingerprint density at radius 2 is 2.11 bits per heavy atom. The molecule has 0 N–H and O–H groups in total. The lowest BCUT2D eigenvalue weighted by Gasteiger charge is -2.07. The van der Waals surface area contributed by atoms with Gasteiger partial charge >= 0.3 is 5.97 Å². The second-order valence-corrected chi connectivity index (χ2v) is 4.45. The molecule has 0 aliphatic carbocycles. The first kappa shape index (κ1) is 15.8. The number of hydrogen-bond acceptors (Lipinski definition) is 3. The molecule has 0 bridgehead atoms. The molecule has 3 nitrogen and oxygen atoms in total. The van der Waals surface area contributed by atoms with Crippen LogP contribution in [0.3, 0.4) is 0 Å². The summed E-state index contributed by atoms with van der Waals surface area (Å²) in [6.45, 7) is 2.71. The number of carbonyl (C=O) groups is 1. The summed E-state index contributed by atoms with van der Waals surface area (Å²) in [5, 5.41) is 0.270. The Balaban J connectivity index is 2.12. The number of unbranched alkanes of at least 4 members (excludes halogenated alkanes) is 2. The SMILES string of the molecule is CCOC(=O)CCCCCOc1ccc(F)cc1Cl. The maximum atomic E-state index is 12.8. The molecule has 0 saturated heterocycles. The molecule has 0 saturated carbocycles. The predicted molar refractivity (Wildman–Crippen MR) is 72.0 cm³/mol. The summed E-state index contributed by atoms with van der Waals surface area (Å²) >= 11 is 5.82. The van der Waals surface area contributed by atoms with E-state index in [4.69, 9.17) is 21.1 Å². The van der Waals surface area contributed by atoms with Crippen LogP contribution in [0, 0.1) is 5.82 Å². The molecule has 0 unspecified atom stereocenters. The number of hydrogen-bond donors (Lipinski definition) is 0. The number of rotatable bonds is 8. The molecule has 0 spiro atoms. The Kier molecular flexibility index (Phi) is 7.26. The second-order valence-electron chi connectivity index (χ2n) is 4.04. The highest BCUT2D eigenvalue weighted by atomic mass is 35.5. The fourth-order valence-corrected chi connectivity index (χ4v) is 1.78. The van der Waals surface area contributed by atoms with Crippen molar-refractivity contribution in [2.24, 2.45) is 0 Å². The third-order valence-corrected chi connectivity index (χ3v) is 2.78. The van der Waals surface area contributed by atoms with Crippen LogP contribution in [0.5, 0.6) is 5.75 Å². The lowest BCUT2D eigenvalue weighted by molar-refractivity contribution is -0.143. The van der Waals surface area contributed by atoms with Crippen molar-refractivity contribution in [1.29, 1.82) is 0 Å². The average molecular weight is 289 g/mol. The van der Waals surface area contributed by atoms with Gasteiger partial charge in [0, 0.05) is 6.42 Å². The van der Waals surface area contributed by atoms with Crippen LogP contribution in [0.4, 0.5) is 4.39 Å². The van der Waals surface area contributed by atoms with Crippen molar-refractivity contribution in [2.45, 2.75) is 32.6 Å². The standard InChI is InChI=1S/C14H18ClFO3/c1-2-18-14(17)6-4-3-5-9-19-13-8-7-11(16)10-12(13)15/h7-8,10H,2-6,9H2,1H3. The van der Waals surface area contributed by atoms with Crippen LogP contribution < -0.4 is 4.74 Å². The van der Waals surface area contributed by atoms with E-state index < -0.39 is 0 Å². The quantitative estimate of drug-likeness (QED) is 0.536. The van der Waals surface area contributed by atoms with Crippen LogP contribution >= 0.6 is 11.6 Å². The Morgan fingerprint density at radius 3 is 2.79 bits per heavy atom. The lowest BCUT2D eigenvalue weighted by Crippen LogP contribution is -2.04. The summed E-state index contributed by atoms with van der Waals surface area (Å²) in [6, 6.07) is 4.04. The first-order chi connectivity index (χ1) is 9.13. The number of esters is 1. The minimum atomic E-state index is -0.383. The Hall–Kier alpha value is -1.29. The maximum absolute atomic E-state index is 12.8. The molecule has 0 heterocycles. The molecule has 0 fully saturated rings. The van der Waals surface area contributed by atoms with Crippen LogP contribution in [-0.2, 0) is 9.53 Å². The zero-order valence-electron chi connectivity index (χ0n) is 11.0. The summed E-state index contributed by atoms with van der Waals surface area (Å²) in [4.78, 5) is 11.1. The van der Waals surface area contributed by atoms with Gasteiger partial charge in [-0.15, -0.1) is 0 Å². The topological polar surface area (TPSA) is 35.5 Å². The molecule has 0 aliphatic heterocycles. The molecule has 1 aromatic rings. The maximum Gasteiger partial charge on any atom is 0.305 e. The molecule has 5 heteroatoms. The summed E-state index contributed by atoms with van der Waals surface area (Å²) in [5.41, 5.74) is 0. The molecule has 0 radical (unpaired) electrons. The minimum absolute atomic E-state index is 0.162. The number of carbonyl (C=O) groups excluding carboxylic acids is 1. The smallest absolute Gasteiger partial charge is 0.305 e. The van der Waals surface area contributed by atoms with E-state index in [2.05, 4.69) is 0 Å². The van der Waals surface area contributed by atoms with E-state index in [1.165, 1.54) is 18.2 Å². The number of halogens is 2. The molecule has 0 aliphatic rings. The molecule has 19 heavy (non-hydrogen) atoms. The van der Waals surface area contributed by atoms with Gasteiger partial charge < -0.3 is 9.47 Å². The fourth-order valence-electron chi connectivity index (χ4n) is 1.56. The molecule has 0 amide bonds. The van der Waals surface area contributed by atoms with Crippen LogP contribution in [0.1, 0.15) is 32.6 Å². The largest absolute Gasteiger partial charge is 0.492 e. The van der Waals surface area contributed by atoms with Crippen LogP contribution in [0.2, 0.25) is 5.02 Å². The van der Waals surface area contributed by atoms with Crippen molar-refractivity contribution in [3.05, 3.63) is 29.0 Å². The van der Waals surface area contributed by atoms with E-state index in [1.54, 1.807) is 6.92 Å². The molecular formula is C14H18ClFO3. The second kappa shape index (κ2) is 8.75. The highest BCUT2D eigenvalue weighted by Gasteiger charge is 2.03.